The summed E-state index contributed by atoms with van der Waals surface area (Å²) in [4.78, 5) is 10.9. The van der Waals surface area contributed by atoms with Crippen LogP contribution in [0, 0.1) is 0 Å². The van der Waals surface area contributed by atoms with E-state index in [9.17, 15) is 18.3 Å². The molecule has 0 aliphatic heterocycles. The second-order valence-corrected chi connectivity index (χ2v) is 5.38. The lowest BCUT2D eigenvalue weighted by molar-refractivity contribution is -0.140. The first-order chi connectivity index (χ1) is 7.87. The summed E-state index contributed by atoms with van der Waals surface area (Å²) in [6, 6.07) is 5.22. The van der Waals surface area contributed by atoms with Crippen LogP contribution in [0.25, 0.3) is 0 Å². The van der Waals surface area contributed by atoms with Gasteiger partial charge in [-0.2, -0.15) is 4.31 Å². The van der Waals surface area contributed by atoms with Gasteiger partial charge in [-0.15, -0.1) is 0 Å². The van der Waals surface area contributed by atoms with Crippen LogP contribution in [-0.2, 0) is 19.6 Å². The van der Waals surface area contributed by atoms with Crippen LogP contribution in [0.15, 0.2) is 29.2 Å². The number of phenolic OH excluding ortho intramolecular Hbond substituents is 1. The van der Waals surface area contributed by atoms with Crippen molar-refractivity contribution in [2.45, 2.75) is 4.90 Å². The van der Waals surface area contributed by atoms with E-state index in [2.05, 4.69) is 4.74 Å². The summed E-state index contributed by atoms with van der Waals surface area (Å²) in [5.74, 6) is -0.811. The molecule has 1 N–H and O–H groups in total. The fourth-order valence-corrected chi connectivity index (χ4v) is 2.31. The second kappa shape index (κ2) is 5.15. The lowest BCUT2D eigenvalue weighted by atomic mass is 10.3. The van der Waals surface area contributed by atoms with Crippen LogP contribution in [0.2, 0.25) is 0 Å². The number of carbonyl (C=O) groups is 1. The van der Waals surface area contributed by atoms with Crippen molar-refractivity contribution >= 4 is 16.0 Å². The van der Waals surface area contributed by atoms with Crippen LogP contribution in [0.5, 0.6) is 5.75 Å². The van der Waals surface area contributed by atoms with E-state index < -0.39 is 16.0 Å². The van der Waals surface area contributed by atoms with Gasteiger partial charge in [0.15, 0.2) is 0 Å². The molecular formula is C10H13NO5S. The Labute approximate surface area is 99.5 Å². The Bertz CT molecular complexity index is 511. The molecule has 6 nitrogen and oxygen atoms in total. The van der Waals surface area contributed by atoms with E-state index in [0.717, 1.165) is 10.4 Å². The fraction of sp³-hybridized carbons (Fsp3) is 0.300. The number of likely N-dealkylation sites (N-methyl/N-ethyl adjacent to an activating group) is 1. The van der Waals surface area contributed by atoms with E-state index in [0.29, 0.717) is 0 Å². The van der Waals surface area contributed by atoms with E-state index in [-0.39, 0.29) is 17.2 Å². The van der Waals surface area contributed by atoms with Gasteiger partial charge in [-0.3, -0.25) is 4.79 Å². The summed E-state index contributed by atoms with van der Waals surface area (Å²) in [5, 5.41) is 9.21. The molecule has 1 rings (SSSR count). The molecule has 0 aromatic heterocycles. The monoisotopic (exact) mass is 259 g/mol. The number of esters is 1. The first-order valence-electron chi connectivity index (χ1n) is 4.70. The zero-order valence-electron chi connectivity index (χ0n) is 9.45. The lowest BCUT2D eigenvalue weighted by Gasteiger charge is -2.15. The minimum absolute atomic E-state index is 0.0797. The second-order valence-electron chi connectivity index (χ2n) is 3.33. The van der Waals surface area contributed by atoms with Gasteiger partial charge in [-0.05, 0) is 18.2 Å². The Morgan fingerprint density at radius 2 is 2.12 bits per heavy atom. The minimum atomic E-state index is -3.79. The van der Waals surface area contributed by atoms with Crippen LogP contribution in [0.1, 0.15) is 0 Å². The van der Waals surface area contributed by atoms with Crippen molar-refractivity contribution < 1.29 is 23.1 Å². The number of rotatable bonds is 4. The number of hydrogen-bond donors (Lipinski definition) is 1. The summed E-state index contributed by atoms with van der Waals surface area (Å²) in [6.07, 6.45) is 0. The summed E-state index contributed by atoms with van der Waals surface area (Å²) < 4.78 is 29.1. The summed E-state index contributed by atoms with van der Waals surface area (Å²) in [5.41, 5.74) is 0. The standard InChI is InChI=1S/C10H13NO5S/c1-11(7-10(13)16-2)17(14,15)9-5-3-4-8(12)6-9/h3-6,12H,7H2,1-2H3. The fourth-order valence-electron chi connectivity index (χ4n) is 1.16. The number of sulfonamides is 1. The smallest absolute Gasteiger partial charge is 0.321 e. The van der Waals surface area contributed by atoms with Gasteiger partial charge in [0, 0.05) is 7.05 Å². The highest BCUT2D eigenvalue weighted by Gasteiger charge is 2.23. The van der Waals surface area contributed by atoms with Gasteiger partial charge in [0.2, 0.25) is 10.0 Å². The molecule has 0 bridgehead atoms. The maximum atomic E-state index is 11.9. The Balaban J connectivity index is 2.99. The molecule has 0 aliphatic carbocycles. The van der Waals surface area contributed by atoms with Crippen molar-refractivity contribution in [1.29, 1.82) is 0 Å². The molecule has 7 heteroatoms. The van der Waals surface area contributed by atoms with Crippen molar-refractivity contribution in [2.24, 2.45) is 0 Å². The molecular weight excluding hydrogens is 246 g/mol. The van der Waals surface area contributed by atoms with Crippen molar-refractivity contribution in [3.63, 3.8) is 0 Å². The third-order valence-electron chi connectivity index (χ3n) is 2.11. The van der Waals surface area contributed by atoms with Crippen molar-refractivity contribution in [3.05, 3.63) is 24.3 Å². The first kappa shape index (κ1) is 13.5. The van der Waals surface area contributed by atoms with Crippen LogP contribution >= 0.6 is 0 Å². The summed E-state index contributed by atoms with van der Waals surface area (Å²) in [6.45, 7) is -0.380. The third-order valence-corrected chi connectivity index (χ3v) is 3.90. The highest BCUT2D eigenvalue weighted by Crippen LogP contribution is 2.18. The topological polar surface area (TPSA) is 83.9 Å². The van der Waals surface area contributed by atoms with Crippen LogP contribution in [0.3, 0.4) is 0 Å². The summed E-state index contributed by atoms with van der Waals surface area (Å²) >= 11 is 0. The molecule has 0 amide bonds. The Hall–Kier alpha value is -1.60. The quantitative estimate of drug-likeness (QED) is 0.780. The number of ether oxygens (including phenoxy) is 1. The molecule has 17 heavy (non-hydrogen) atoms. The highest BCUT2D eigenvalue weighted by atomic mass is 32.2. The highest BCUT2D eigenvalue weighted by molar-refractivity contribution is 7.89. The molecule has 0 atom stereocenters. The van der Waals surface area contributed by atoms with Crippen molar-refractivity contribution in [3.8, 4) is 5.75 Å². The zero-order valence-corrected chi connectivity index (χ0v) is 10.3. The van der Waals surface area contributed by atoms with E-state index >= 15 is 0 Å². The molecule has 0 saturated heterocycles. The van der Waals surface area contributed by atoms with Gasteiger partial charge in [0.1, 0.15) is 12.3 Å². The molecule has 0 saturated carbocycles. The van der Waals surface area contributed by atoms with Gasteiger partial charge in [0.25, 0.3) is 0 Å². The number of benzene rings is 1. The number of carbonyl (C=O) groups excluding carboxylic acids is 1. The van der Waals surface area contributed by atoms with Crippen LogP contribution in [0.4, 0.5) is 0 Å². The van der Waals surface area contributed by atoms with E-state index in [1.165, 1.54) is 32.4 Å². The van der Waals surface area contributed by atoms with Crippen molar-refractivity contribution in [2.75, 3.05) is 20.7 Å². The molecule has 0 spiro atoms. The van der Waals surface area contributed by atoms with Gasteiger partial charge >= 0.3 is 5.97 Å². The molecule has 1 aromatic rings. The average Bonchev–Trinajstić information content (AvgIpc) is 2.28. The number of hydrogen-bond acceptors (Lipinski definition) is 5. The predicted octanol–water partition coefficient (Wildman–Crippen LogP) is 0.186. The molecule has 0 heterocycles. The maximum absolute atomic E-state index is 11.9. The molecule has 0 unspecified atom stereocenters. The van der Waals surface area contributed by atoms with Gasteiger partial charge in [-0.1, -0.05) is 6.07 Å². The molecule has 0 fully saturated rings. The number of methoxy groups -OCH3 is 1. The Kier molecular flexibility index (Phi) is 4.08. The number of phenols is 1. The number of aromatic hydroxyl groups is 1. The third kappa shape index (κ3) is 3.18. The Morgan fingerprint density at radius 3 is 2.65 bits per heavy atom. The largest absolute Gasteiger partial charge is 0.508 e. The van der Waals surface area contributed by atoms with E-state index in [4.69, 9.17) is 0 Å². The number of nitrogens with zero attached hydrogens (tertiary/aromatic N) is 1. The van der Waals surface area contributed by atoms with Crippen LogP contribution in [-0.4, -0.2) is 44.5 Å². The lowest BCUT2D eigenvalue weighted by Crippen LogP contribution is -2.32. The predicted molar refractivity (Wildman–Crippen MR) is 59.9 cm³/mol. The van der Waals surface area contributed by atoms with Gasteiger partial charge in [0.05, 0.1) is 12.0 Å². The molecule has 0 radical (unpaired) electrons. The van der Waals surface area contributed by atoms with Gasteiger partial charge in [-0.25, -0.2) is 8.42 Å². The van der Waals surface area contributed by atoms with Gasteiger partial charge < -0.3 is 9.84 Å². The minimum Gasteiger partial charge on any atom is -0.508 e. The summed E-state index contributed by atoms with van der Waals surface area (Å²) in [7, 11) is -1.36. The van der Waals surface area contributed by atoms with E-state index in [1.807, 2.05) is 0 Å². The molecule has 94 valence electrons. The molecule has 1 aromatic carbocycles. The van der Waals surface area contributed by atoms with E-state index in [1.54, 1.807) is 0 Å². The normalized spacial score (nSPS) is 11.5. The SMILES string of the molecule is COC(=O)CN(C)S(=O)(=O)c1cccc(O)c1. The maximum Gasteiger partial charge on any atom is 0.321 e. The first-order valence-corrected chi connectivity index (χ1v) is 6.14. The average molecular weight is 259 g/mol. The zero-order chi connectivity index (χ0) is 13.1. The molecule has 0 aliphatic rings. The Morgan fingerprint density at radius 1 is 1.47 bits per heavy atom. The van der Waals surface area contributed by atoms with Crippen LogP contribution < -0.4 is 0 Å². The van der Waals surface area contributed by atoms with Crippen molar-refractivity contribution in [1.82, 2.24) is 4.31 Å².